The molecule has 0 spiro atoms. The zero-order valence-electron chi connectivity index (χ0n) is 10.1. The normalized spacial score (nSPS) is 33.5. The van der Waals surface area contributed by atoms with Crippen LogP contribution in [0.2, 0.25) is 0 Å². The summed E-state index contributed by atoms with van der Waals surface area (Å²) >= 11 is 0. The molecule has 2 rings (SSSR count). The molecule has 0 radical (unpaired) electrons. The van der Waals surface area contributed by atoms with E-state index in [1.807, 2.05) is 0 Å². The largest absolute Gasteiger partial charge is 0.469 e. The van der Waals surface area contributed by atoms with Crippen molar-refractivity contribution < 1.29 is 17.9 Å². The monoisotopic (exact) mass is 261 g/mol. The number of piperidine rings is 1. The number of sulfone groups is 1. The molecule has 2 heterocycles. The zero-order valence-corrected chi connectivity index (χ0v) is 10.9. The smallest absolute Gasteiger partial charge is 0.309 e. The summed E-state index contributed by atoms with van der Waals surface area (Å²) in [5.74, 6) is 0.283. The van der Waals surface area contributed by atoms with Crippen LogP contribution >= 0.6 is 0 Å². The van der Waals surface area contributed by atoms with Gasteiger partial charge in [0.1, 0.15) is 0 Å². The van der Waals surface area contributed by atoms with Gasteiger partial charge in [-0.25, -0.2) is 8.42 Å². The first-order chi connectivity index (χ1) is 8.02. The minimum Gasteiger partial charge on any atom is -0.469 e. The summed E-state index contributed by atoms with van der Waals surface area (Å²) in [5, 5.41) is 0. The summed E-state index contributed by atoms with van der Waals surface area (Å²) in [6, 6.07) is 0.104. The van der Waals surface area contributed by atoms with Gasteiger partial charge in [-0.3, -0.25) is 9.69 Å². The van der Waals surface area contributed by atoms with Crippen LogP contribution in [-0.4, -0.2) is 57.0 Å². The van der Waals surface area contributed by atoms with Crippen molar-refractivity contribution in [3.8, 4) is 0 Å². The van der Waals surface area contributed by atoms with E-state index in [0.717, 1.165) is 19.4 Å². The Morgan fingerprint density at radius 3 is 2.71 bits per heavy atom. The quantitative estimate of drug-likeness (QED) is 0.658. The fourth-order valence-electron chi connectivity index (χ4n) is 2.76. The Hall–Kier alpha value is -0.620. The summed E-state index contributed by atoms with van der Waals surface area (Å²) in [5.41, 5.74) is 0. The van der Waals surface area contributed by atoms with Gasteiger partial charge in [0.25, 0.3) is 0 Å². The second-order valence-electron chi connectivity index (χ2n) is 4.91. The molecule has 0 aromatic rings. The van der Waals surface area contributed by atoms with E-state index in [2.05, 4.69) is 4.90 Å². The summed E-state index contributed by atoms with van der Waals surface area (Å²) in [6.07, 6.45) is 2.50. The molecule has 2 fully saturated rings. The van der Waals surface area contributed by atoms with Crippen molar-refractivity contribution in [3.63, 3.8) is 0 Å². The van der Waals surface area contributed by atoms with Gasteiger partial charge in [0, 0.05) is 12.6 Å². The van der Waals surface area contributed by atoms with Crippen molar-refractivity contribution in [2.45, 2.75) is 25.3 Å². The third-order valence-electron chi connectivity index (χ3n) is 3.71. The molecule has 0 amide bonds. The summed E-state index contributed by atoms with van der Waals surface area (Å²) < 4.78 is 27.6. The number of carbonyl (C=O) groups is 1. The third kappa shape index (κ3) is 2.98. The number of likely N-dealkylation sites (tertiary alicyclic amines) is 1. The molecular formula is C11H19NO4S. The molecule has 0 aliphatic carbocycles. The molecule has 0 saturated carbocycles. The van der Waals surface area contributed by atoms with Crippen molar-refractivity contribution in [2.75, 3.05) is 31.7 Å². The molecule has 0 N–H and O–H groups in total. The summed E-state index contributed by atoms with van der Waals surface area (Å²) in [7, 11) is -1.44. The minimum absolute atomic E-state index is 0.0861. The van der Waals surface area contributed by atoms with Gasteiger partial charge in [0.05, 0.1) is 24.5 Å². The highest BCUT2D eigenvalue weighted by atomic mass is 32.2. The van der Waals surface area contributed by atoms with E-state index in [1.54, 1.807) is 0 Å². The SMILES string of the molecule is COC(=O)[C@H]1CCCN(C2CCS(=O)(=O)C2)C1. The van der Waals surface area contributed by atoms with E-state index in [9.17, 15) is 13.2 Å². The van der Waals surface area contributed by atoms with Gasteiger partial charge in [-0.2, -0.15) is 0 Å². The first-order valence-electron chi connectivity index (χ1n) is 6.04. The molecule has 5 nitrogen and oxygen atoms in total. The third-order valence-corrected chi connectivity index (χ3v) is 5.46. The second kappa shape index (κ2) is 4.94. The molecule has 2 saturated heterocycles. The van der Waals surface area contributed by atoms with E-state index in [1.165, 1.54) is 7.11 Å². The van der Waals surface area contributed by atoms with Crippen molar-refractivity contribution in [1.82, 2.24) is 4.90 Å². The van der Waals surface area contributed by atoms with Crippen molar-refractivity contribution in [3.05, 3.63) is 0 Å². The van der Waals surface area contributed by atoms with E-state index in [-0.39, 0.29) is 29.4 Å². The van der Waals surface area contributed by atoms with Crippen LogP contribution in [0.1, 0.15) is 19.3 Å². The Labute approximate surface area is 102 Å². The number of carbonyl (C=O) groups excluding carboxylic acids is 1. The summed E-state index contributed by atoms with van der Waals surface area (Å²) in [6.45, 7) is 1.54. The lowest BCUT2D eigenvalue weighted by Gasteiger charge is -2.35. The lowest BCUT2D eigenvalue weighted by atomic mass is 9.96. The minimum atomic E-state index is -2.85. The highest BCUT2D eigenvalue weighted by molar-refractivity contribution is 7.91. The maximum absolute atomic E-state index is 11.5. The van der Waals surface area contributed by atoms with E-state index in [4.69, 9.17) is 4.74 Å². The van der Waals surface area contributed by atoms with Crippen LogP contribution in [0.5, 0.6) is 0 Å². The number of rotatable bonds is 2. The molecule has 0 bridgehead atoms. The number of methoxy groups -OCH3 is 1. The van der Waals surface area contributed by atoms with Crippen LogP contribution in [0.15, 0.2) is 0 Å². The standard InChI is InChI=1S/C11H19NO4S/c1-16-11(13)9-3-2-5-12(7-9)10-4-6-17(14,15)8-10/h9-10H,2-8H2,1H3/t9-,10?/m0/s1. The average molecular weight is 261 g/mol. The van der Waals surface area contributed by atoms with Gasteiger partial charge in [0.15, 0.2) is 9.84 Å². The molecular weight excluding hydrogens is 242 g/mol. The number of ether oxygens (including phenoxy) is 1. The van der Waals surface area contributed by atoms with Crippen LogP contribution in [-0.2, 0) is 19.4 Å². The molecule has 2 aliphatic heterocycles. The molecule has 98 valence electrons. The maximum Gasteiger partial charge on any atom is 0.309 e. The number of hydrogen-bond donors (Lipinski definition) is 0. The zero-order chi connectivity index (χ0) is 12.5. The highest BCUT2D eigenvalue weighted by Crippen LogP contribution is 2.24. The van der Waals surface area contributed by atoms with Crippen LogP contribution in [0.4, 0.5) is 0 Å². The van der Waals surface area contributed by atoms with Gasteiger partial charge < -0.3 is 4.74 Å². The van der Waals surface area contributed by atoms with Crippen molar-refractivity contribution >= 4 is 15.8 Å². The van der Waals surface area contributed by atoms with E-state index >= 15 is 0 Å². The molecule has 0 aromatic carbocycles. The lowest BCUT2D eigenvalue weighted by molar-refractivity contribution is -0.147. The van der Waals surface area contributed by atoms with Gasteiger partial charge >= 0.3 is 5.97 Å². The Morgan fingerprint density at radius 2 is 2.12 bits per heavy atom. The fourth-order valence-corrected chi connectivity index (χ4v) is 4.52. The fraction of sp³-hybridized carbons (Fsp3) is 0.909. The molecule has 2 aliphatic rings. The predicted octanol–water partition coefficient (Wildman–Crippen LogP) is 0.0585. The maximum atomic E-state index is 11.5. The second-order valence-corrected chi connectivity index (χ2v) is 7.14. The molecule has 2 atom stereocenters. The lowest BCUT2D eigenvalue weighted by Crippen LogP contribution is -2.45. The summed E-state index contributed by atoms with van der Waals surface area (Å²) in [4.78, 5) is 13.6. The first kappa shape index (κ1) is 12.8. The van der Waals surface area contributed by atoms with Crippen LogP contribution in [0.25, 0.3) is 0 Å². The van der Waals surface area contributed by atoms with Gasteiger partial charge in [0.2, 0.25) is 0 Å². The highest BCUT2D eigenvalue weighted by Gasteiger charge is 2.36. The topological polar surface area (TPSA) is 63.7 Å². The molecule has 0 aromatic heterocycles. The Morgan fingerprint density at radius 1 is 1.35 bits per heavy atom. The Bertz CT molecular complexity index is 392. The molecule has 17 heavy (non-hydrogen) atoms. The van der Waals surface area contributed by atoms with E-state index in [0.29, 0.717) is 13.0 Å². The molecule has 6 heteroatoms. The van der Waals surface area contributed by atoms with Crippen molar-refractivity contribution in [1.29, 1.82) is 0 Å². The number of nitrogens with zero attached hydrogens (tertiary/aromatic N) is 1. The van der Waals surface area contributed by atoms with Crippen molar-refractivity contribution in [2.24, 2.45) is 5.92 Å². The average Bonchev–Trinajstić information content (AvgIpc) is 2.69. The van der Waals surface area contributed by atoms with Gasteiger partial charge in [-0.15, -0.1) is 0 Å². The Kier molecular flexibility index (Phi) is 3.73. The van der Waals surface area contributed by atoms with Gasteiger partial charge in [-0.05, 0) is 25.8 Å². The van der Waals surface area contributed by atoms with Crippen LogP contribution < -0.4 is 0 Å². The van der Waals surface area contributed by atoms with Crippen LogP contribution in [0, 0.1) is 5.92 Å². The predicted molar refractivity (Wildman–Crippen MR) is 63.4 cm³/mol. The number of esters is 1. The van der Waals surface area contributed by atoms with Crippen LogP contribution in [0.3, 0.4) is 0 Å². The Balaban J connectivity index is 1.96. The van der Waals surface area contributed by atoms with E-state index < -0.39 is 9.84 Å². The first-order valence-corrected chi connectivity index (χ1v) is 7.86. The molecule has 1 unspecified atom stereocenters. The number of hydrogen-bond acceptors (Lipinski definition) is 5. The van der Waals surface area contributed by atoms with Gasteiger partial charge in [-0.1, -0.05) is 0 Å².